The summed E-state index contributed by atoms with van der Waals surface area (Å²) < 4.78 is 59.4. The minimum atomic E-state index is -2.01. The molecule has 0 aromatic heterocycles. The third kappa shape index (κ3) is 2.88. The number of nitrogens with one attached hydrogen (secondary N) is 1. The highest BCUT2D eigenvalue weighted by Crippen LogP contribution is 2.36. The van der Waals surface area contributed by atoms with E-state index in [-0.39, 0.29) is 12.2 Å². The van der Waals surface area contributed by atoms with Gasteiger partial charge in [0.2, 0.25) is 0 Å². The summed E-state index contributed by atoms with van der Waals surface area (Å²) >= 11 is 0. The van der Waals surface area contributed by atoms with Crippen molar-refractivity contribution in [2.45, 2.75) is 6.92 Å². The summed E-state index contributed by atoms with van der Waals surface area (Å²) in [6.45, 7) is 1.47. The molecule has 0 heterocycles. The number of carbonyl (C=O) groups excluding carboxylic acids is 1. The van der Waals surface area contributed by atoms with E-state index < -0.39 is 40.6 Å². The van der Waals surface area contributed by atoms with Gasteiger partial charge in [0.25, 0.3) is 0 Å². The van der Waals surface area contributed by atoms with Crippen molar-refractivity contribution >= 4 is 11.8 Å². The number of rotatable bonds is 3. The largest absolute Gasteiger partial charge is 0.450 e. The van der Waals surface area contributed by atoms with Crippen molar-refractivity contribution < 1.29 is 27.1 Å². The Morgan fingerprint density at radius 3 is 2.18 bits per heavy atom. The second-order valence-corrected chi connectivity index (χ2v) is 4.22. The van der Waals surface area contributed by atoms with Gasteiger partial charge in [-0.3, -0.25) is 5.32 Å². The van der Waals surface area contributed by atoms with Crippen LogP contribution in [0, 0.1) is 23.3 Å². The molecule has 2 aromatic carbocycles. The first-order valence-electron chi connectivity index (χ1n) is 6.32. The standard InChI is InChI=1S/C15H11F4NO2/c1-2-22-15(21)20-14-9(8-6-4-3-5-7-8)10(16)11(17)12(18)13(14)19/h3-7H,2H2,1H3,(H,20,21). The van der Waals surface area contributed by atoms with E-state index in [1.807, 2.05) is 5.32 Å². The van der Waals surface area contributed by atoms with Crippen molar-refractivity contribution in [2.24, 2.45) is 0 Å². The number of hydrogen-bond donors (Lipinski definition) is 1. The lowest BCUT2D eigenvalue weighted by atomic mass is 10.0. The number of ether oxygens (including phenoxy) is 1. The minimum Gasteiger partial charge on any atom is -0.450 e. The van der Waals surface area contributed by atoms with E-state index in [0.29, 0.717) is 0 Å². The highest BCUT2D eigenvalue weighted by Gasteiger charge is 2.27. The van der Waals surface area contributed by atoms with Gasteiger partial charge in [0.05, 0.1) is 12.3 Å². The number of anilines is 1. The van der Waals surface area contributed by atoms with Crippen LogP contribution in [0.2, 0.25) is 0 Å². The van der Waals surface area contributed by atoms with E-state index in [2.05, 4.69) is 4.74 Å². The molecule has 7 heteroatoms. The SMILES string of the molecule is CCOC(=O)Nc1c(F)c(F)c(F)c(F)c1-c1ccccc1. The van der Waals surface area contributed by atoms with Gasteiger partial charge in [-0.25, -0.2) is 22.4 Å². The van der Waals surface area contributed by atoms with Crippen molar-refractivity contribution in [3.8, 4) is 11.1 Å². The fourth-order valence-corrected chi connectivity index (χ4v) is 1.89. The second-order valence-electron chi connectivity index (χ2n) is 4.22. The molecule has 0 saturated carbocycles. The maximum Gasteiger partial charge on any atom is 0.411 e. The molecule has 2 rings (SSSR count). The Morgan fingerprint density at radius 2 is 1.59 bits per heavy atom. The molecule has 3 nitrogen and oxygen atoms in total. The Bertz CT molecular complexity index is 705. The number of amides is 1. The van der Waals surface area contributed by atoms with Gasteiger partial charge >= 0.3 is 6.09 Å². The van der Waals surface area contributed by atoms with Crippen LogP contribution < -0.4 is 5.32 Å². The predicted octanol–water partition coefficient (Wildman–Crippen LogP) is 4.48. The van der Waals surface area contributed by atoms with Crippen LogP contribution in [-0.4, -0.2) is 12.7 Å². The highest BCUT2D eigenvalue weighted by atomic mass is 19.2. The lowest BCUT2D eigenvalue weighted by Crippen LogP contribution is -2.17. The van der Waals surface area contributed by atoms with Crippen LogP contribution in [0.4, 0.5) is 28.0 Å². The lowest BCUT2D eigenvalue weighted by molar-refractivity contribution is 0.167. The smallest absolute Gasteiger partial charge is 0.411 e. The Labute approximate surface area is 123 Å². The quantitative estimate of drug-likeness (QED) is 0.515. The van der Waals surface area contributed by atoms with Crippen molar-refractivity contribution in [2.75, 3.05) is 11.9 Å². The van der Waals surface area contributed by atoms with Crippen molar-refractivity contribution in [3.05, 3.63) is 53.6 Å². The Kier molecular flexibility index (Phi) is 4.65. The lowest BCUT2D eigenvalue weighted by Gasteiger charge is -2.14. The van der Waals surface area contributed by atoms with E-state index >= 15 is 0 Å². The highest BCUT2D eigenvalue weighted by molar-refractivity contribution is 5.92. The molecule has 0 aliphatic heterocycles. The van der Waals surface area contributed by atoms with Crippen LogP contribution in [0.25, 0.3) is 11.1 Å². The molecule has 116 valence electrons. The third-order valence-electron chi connectivity index (χ3n) is 2.83. The molecule has 2 aromatic rings. The molecule has 0 fully saturated rings. The first kappa shape index (κ1) is 15.8. The van der Waals surface area contributed by atoms with E-state index in [0.717, 1.165) is 0 Å². The van der Waals surface area contributed by atoms with Gasteiger partial charge in [0, 0.05) is 5.56 Å². The predicted molar refractivity (Wildman–Crippen MR) is 72.4 cm³/mol. The zero-order valence-electron chi connectivity index (χ0n) is 11.4. The van der Waals surface area contributed by atoms with Crippen LogP contribution in [0.15, 0.2) is 30.3 Å². The number of benzene rings is 2. The van der Waals surface area contributed by atoms with Crippen LogP contribution in [-0.2, 0) is 4.74 Å². The molecular formula is C15H11F4NO2. The molecule has 0 unspecified atom stereocenters. The second kappa shape index (κ2) is 6.46. The molecular weight excluding hydrogens is 302 g/mol. The zero-order valence-corrected chi connectivity index (χ0v) is 11.4. The summed E-state index contributed by atoms with van der Waals surface area (Å²) in [5, 5.41) is 1.90. The minimum absolute atomic E-state index is 0.0275. The zero-order chi connectivity index (χ0) is 16.3. The first-order valence-corrected chi connectivity index (χ1v) is 6.32. The van der Waals surface area contributed by atoms with Crippen LogP contribution in [0.1, 0.15) is 6.92 Å². The molecule has 0 radical (unpaired) electrons. The van der Waals surface area contributed by atoms with Crippen LogP contribution in [0.3, 0.4) is 0 Å². The van der Waals surface area contributed by atoms with Gasteiger partial charge in [0.15, 0.2) is 23.3 Å². The molecule has 0 spiro atoms. The summed E-state index contributed by atoms with van der Waals surface area (Å²) in [7, 11) is 0. The Hall–Kier alpha value is -2.57. The van der Waals surface area contributed by atoms with Gasteiger partial charge in [-0.2, -0.15) is 0 Å². The van der Waals surface area contributed by atoms with Crippen LogP contribution >= 0.6 is 0 Å². The average molecular weight is 313 g/mol. The van der Waals surface area contributed by atoms with Gasteiger partial charge in [-0.15, -0.1) is 0 Å². The molecule has 0 aliphatic carbocycles. The van der Waals surface area contributed by atoms with Gasteiger partial charge in [-0.05, 0) is 12.5 Å². The topological polar surface area (TPSA) is 38.3 Å². The Balaban J connectivity index is 2.66. The monoisotopic (exact) mass is 313 g/mol. The van der Waals surface area contributed by atoms with Gasteiger partial charge in [-0.1, -0.05) is 30.3 Å². The molecule has 1 amide bonds. The number of halogens is 4. The van der Waals surface area contributed by atoms with E-state index in [1.165, 1.54) is 31.2 Å². The Morgan fingerprint density at radius 1 is 1.00 bits per heavy atom. The van der Waals surface area contributed by atoms with E-state index in [4.69, 9.17) is 0 Å². The summed E-state index contributed by atoms with van der Waals surface area (Å²) in [4.78, 5) is 11.4. The van der Waals surface area contributed by atoms with Gasteiger partial charge < -0.3 is 4.74 Å². The summed E-state index contributed by atoms with van der Waals surface area (Å²) in [6.07, 6.45) is -1.11. The summed E-state index contributed by atoms with van der Waals surface area (Å²) in [5.74, 6) is -7.27. The average Bonchev–Trinajstić information content (AvgIpc) is 2.52. The van der Waals surface area contributed by atoms with E-state index in [1.54, 1.807) is 6.07 Å². The first-order chi connectivity index (χ1) is 10.5. The molecule has 0 saturated heterocycles. The van der Waals surface area contributed by atoms with Gasteiger partial charge in [0.1, 0.15) is 0 Å². The van der Waals surface area contributed by atoms with Crippen molar-refractivity contribution in [3.63, 3.8) is 0 Å². The number of carbonyl (C=O) groups is 1. The summed E-state index contributed by atoms with van der Waals surface area (Å²) in [6, 6.07) is 7.34. The third-order valence-corrected chi connectivity index (χ3v) is 2.83. The maximum absolute atomic E-state index is 14.1. The molecule has 0 aliphatic rings. The van der Waals surface area contributed by atoms with Crippen molar-refractivity contribution in [1.29, 1.82) is 0 Å². The molecule has 0 atom stereocenters. The van der Waals surface area contributed by atoms with Crippen LogP contribution in [0.5, 0.6) is 0 Å². The fourth-order valence-electron chi connectivity index (χ4n) is 1.89. The fraction of sp³-hybridized carbons (Fsp3) is 0.133. The normalized spacial score (nSPS) is 10.4. The molecule has 1 N–H and O–H groups in total. The molecule has 0 bridgehead atoms. The van der Waals surface area contributed by atoms with E-state index in [9.17, 15) is 22.4 Å². The maximum atomic E-state index is 14.1. The van der Waals surface area contributed by atoms with Crippen molar-refractivity contribution in [1.82, 2.24) is 0 Å². The molecule has 22 heavy (non-hydrogen) atoms. The number of hydrogen-bond acceptors (Lipinski definition) is 2. The summed E-state index contributed by atoms with van der Waals surface area (Å²) in [5.41, 5.74) is -1.34.